The maximum atomic E-state index is 13.6. The van der Waals surface area contributed by atoms with E-state index in [1.807, 2.05) is 0 Å². The van der Waals surface area contributed by atoms with E-state index in [2.05, 4.69) is 20.0 Å². The Bertz CT molecular complexity index is 1390. The molecular weight excluding hydrogens is 453 g/mol. The topological polar surface area (TPSA) is 117 Å². The van der Waals surface area contributed by atoms with Crippen LogP contribution in [0, 0.1) is 5.82 Å². The zero-order chi connectivity index (χ0) is 23.4. The maximum absolute atomic E-state index is 13.6. The molecule has 0 aliphatic rings. The summed E-state index contributed by atoms with van der Waals surface area (Å²) in [6, 6.07) is 13.4. The van der Waals surface area contributed by atoms with E-state index in [9.17, 15) is 12.8 Å². The fourth-order valence-electron chi connectivity index (χ4n) is 3.06. The molecule has 2 aromatic heterocycles. The van der Waals surface area contributed by atoms with E-state index in [0.717, 1.165) is 0 Å². The van der Waals surface area contributed by atoms with E-state index in [-0.39, 0.29) is 23.9 Å². The third-order valence-electron chi connectivity index (χ3n) is 4.63. The molecule has 0 aliphatic carbocycles. The fourth-order valence-corrected chi connectivity index (χ4v) is 4.08. The number of nitrogens with one attached hydrogen (secondary N) is 1. The number of hydrogen-bond donors (Lipinski definition) is 1. The highest BCUT2D eigenvalue weighted by molar-refractivity contribution is 7.89. The van der Waals surface area contributed by atoms with Gasteiger partial charge in [0.2, 0.25) is 15.9 Å². The van der Waals surface area contributed by atoms with Crippen LogP contribution in [0.3, 0.4) is 0 Å². The van der Waals surface area contributed by atoms with Crippen LogP contribution in [0.1, 0.15) is 0 Å². The van der Waals surface area contributed by atoms with E-state index >= 15 is 0 Å². The van der Waals surface area contributed by atoms with Gasteiger partial charge in [0.25, 0.3) is 0 Å². The molecule has 0 fully saturated rings. The van der Waals surface area contributed by atoms with Gasteiger partial charge in [0.15, 0.2) is 23.0 Å². The van der Waals surface area contributed by atoms with Crippen LogP contribution in [0.5, 0.6) is 17.4 Å². The number of hydrogen-bond acceptors (Lipinski definition) is 8. The van der Waals surface area contributed by atoms with Crippen LogP contribution in [-0.2, 0) is 10.0 Å². The molecule has 0 bridgehead atoms. The average molecular weight is 473 g/mol. The summed E-state index contributed by atoms with van der Waals surface area (Å²) >= 11 is 0. The predicted octanol–water partition coefficient (Wildman–Crippen LogP) is 2.30. The zero-order valence-electron chi connectivity index (χ0n) is 17.7. The van der Waals surface area contributed by atoms with Crippen LogP contribution in [0.25, 0.3) is 17.0 Å². The Balaban J connectivity index is 1.42. The minimum atomic E-state index is -3.79. The maximum Gasteiger partial charge on any atom is 0.240 e. The highest BCUT2D eigenvalue weighted by atomic mass is 32.2. The third kappa shape index (κ3) is 4.86. The van der Waals surface area contributed by atoms with Gasteiger partial charge < -0.3 is 14.2 Å². The van der Waals surface area contributed by atoms with Crippen LogP contribution in [0.15, 0.2) is 59.5 Å². The number of sulfonamides is 1. The molecule has 2 aromatic carbocycles. The summed E-state index contributed by atoms with van der Waals surface area (Å²) in [4.78, 5) is 0.0314. The van der Waals surface area contributed by atoms with Gasteiger partial charge in [-0.25, -0.2) is 17.5 Å². The van der Waals surface area contributed by atoms with Crippen molar-refractivity contribution in [3.8, 4) is 28.8 Å². The number of rotatable bonds is 9. The Labute approximate surface area is 189 Å². The number of benzene rings is 2. The number of methoxy groups -OCH3 is 2. The highest BCUT2D eigenvalue weighted by Crippen LogP contribution is 2.29. The van der Waals surface area contributed by atoms with Crippen molar-refractivity contribution in [2.75, 3.05) is 27.4 Å². The second kappa shape index (κ2) is 9.38. The quantitative estimate of drug-likeness (QED) is 0.368. The minimum Gasteiger partial charge on any atom is -0.493 e. The summed E-state index contributed by atoms with van der Waals surface area (Å²) in [7, 11) is -0.900. The molecule has 12 heteroatoms. The first-order chi connectivity index (χ1) is 15.9. The first-order valence-corrected chi connectivity index (χ1v) is 11.2. The summed E-state index contributed by atoms with van der Waals surface area (Å²) in [6.07, 6.45) is 0. The monoisotopic (exact) mass is 473 g/mol. The molecule has 4 rings (SSSR count). The van der Waals surface area contributed by atoms with Gasteiger partial charge in [-0.3, -0.25) is 0 Å². The second-order valence-corrected chi connectivity index (χ2v) is 8.51. The molecule has 0 atom stereocenters. The van der Waals surface area contributed by atoms with Crippen molar-refractivity contribution in [1.82, 2.24) is 24.5 Å². The van der Waals surface area contributed by atoms with Gasteiger partial charge in [0.1, 0.15) is 12.4 Å². The smallest absolute Gasteiger partial charge is 0.240 e. The van der Waals surface area contributed by atoms with Gasteiger partial charge >= 0.3 is 0 Å². The van der Waals surface area contributed by atoms with E-state index in [4.69, 9.17) is 14.2 Å². The molecule has 0 saturated heterocycles. The Hall–Kier alpha value is -3.77. The number of fused-ring (bicyclic) bond motifs is 1. The number of nitrogens with zero attached hydrogens (tertiary/aromatic N) is 4. The van der Waals surface area contributed by atoms with Crippen LogP contribution < -0.4 is 18.9 Å². The van der Waals surface area contributed by atoms with Crippen LogP contribution >= 0.6 is 0 Å². The Morgan fingerprint density at radius 1 is 1.00 bits per heavy atom. The van der Waals surface area contributed by atoms with E-state index in [1.54, 1.807) is 24.3 Å². The molecule has 0 spiro atoms. The molecule has 0 unspecified atom stereocenters. The molecular formula is C21H20FN5O5S. The van der Waals surface area contributed by atoms with Gasteiger partial charge in [-0.05, 0) is 30.3 Å². The van der Waals surface area contributed by atoms with Crippen molar-refractivity contribution in [1.29, 1.82) is 0 Å². The molecule has 2 heterocycles. The van der Waals surface area contributed by atoms with Gasteiger partial charge in [-0.2, -0.15) is 4.52 Å². The lowest BCUT2D eigenvalue weighted by Crippen LogP contribution is -2.28. The largest absolute Gasteiger partial charge is 0.493 e. The van der Waals surface area contributed by atoms with Gasteiger partial charge in [0, 0.05) is 24.2 Å². The molecule has 0 saturated carbocycles. The first kappa shape index (κ1) is 22.4. The lowest BCUT2D eigenvalue weighted by atomic mass is 10.2. The molecule has 1 N–H and O–H groups in total. The van der Waals surface area contributed by atoms with Crippen LogP contribution in [0.4, 0.5) is 4.39 Å². The van der Waals surface area contributed by atoms with Crippen LogP contribution in [-0.4, -0.2) is 55.6 Å². The highest BCUT2D eigenvalue weighted by Gasteiger charge is 2.17. The van der Waals surface area contributed by atoms with Crippen molar-refractivity contribution in [3.63, 3.8) is 0 Å². The Morgan fingerprint density at radius 3 is 2.58 bits per heavy atom. The first-order valence-electron chi connectivity index (χ1n) is 9.74. The summed E-state index contributed by atoms with van der Waals surface area (Å²) < 4.78 is 58.4. The molecule has 172 valence electrons. The van der Waals surface area contributed by atoms with Crippen molar-refractivity contribution >= 4 is 15.7 Å². The molecule has 0 aliphatic heterocycles. The summed E-state index contributed by atoms with van der Waals surface area (Å²) in [5.41, 5.74) is 0.964. The molecule has 10 nitrogen and oxygen atoms in total. The molecule has 33 heavy (non-hydrogen) atoms. The number of ether oxygens (including phenoxy) is 3. The fraction of sp³-hybridized carbons (Fsp3) is 0.190. The SMILES string of the molecule is COc1ccc(S(=O)(=O)NCCOc2ccc3nnc(-c4cccc(F)c4)n3n2)cc1OC. The zero-order valence-corrected chi connectivity index (χ0v) is 18.5. The van der Waals surface area contributed by atoms with Crippen LogP contribution in [0.2, 0.25) is 0 Å². The average Bonchev–Trinajstić information content (AvgIpc) is 3.24. The second-order valence-electron chi connectivity index (χ2n) is 6.74. The third-order valence-corrected chi connectivity index (χ3v) is 6.09. The number of halogens is 1. The summed E-state index contributed by atoms with van der Waals surface area (Å²) in [6.45, 7) is 0.0117. The standard InChI is InChI=1S/C21H20FN5O5S/c1-30-17-7-6-16(13-18(17)31-2)33(28,29)23-10-11-32-20-9-8-19-24-25-21(27(19)26-20)14-4-3-5-15(22)12-14/h3-9,12-13,23H,10-11H2,1-2H3. The lowest BCUT2D eigenvalue weighted by Gasteiger charge is -2.11. The summed E-state index contributed by atoms with van der Waals surface area (Å²) in [5, 5.41) is 12.4. The van der Waals surface area contributed by atoms with Gasteiger partial charge in [0.05, 0.1) is 19.1 Å². The molecule has 4 aromatic rings. The van der Waals surface area contributed by atoms with Gasteiger partial charge in [-0.1, -0.05) is 12.1 Å². The minimum absolute atomic E-state index is 0.00464. The van der Waals surface area contributed by atoms with E-state index in [0.29, 0.717) is 28.5 Å². The van der Waals surface area contributed by atoms with Crippen molar-refractivity contribution in [2.45, 2.75) is 4.90 Å². The normalized spacial score (nSPS) is 11.5. The van der Waals surface area contributed by atoms with Crippen molar-refractivity contribution < 1.29 is 27.0 Å². The Kier molecular flexibility index (Phi) is 6.38. The van der Waals surface area contributed by atoms with Crippen molar-refractivity contribution in [2.24, 2.45) is 0 Å². The predicted molar refractivity (Wildman–Crippen MR) is 116 cm³/mol. The van der Waals surface area contributed by atoms with Crippen molar-refractivity contribution in [3.05, 3.63) is 60.4 Å². The van der Waals surface area contributed by atoms with Gasteiger partial charge in [-0.15, -0.1) is 15.3 Å². The lowest BCUT2D eigenvalue weighted by molar-refractivity contribution is 0.306. The Morgan fingerprint density at radius 2 is 1.82 bits per heavy atom. The molecule has 0 amide bonds. The van der Waals surface area contributed by atoms with E-state index in [1.165, 1.54) is 49.1 Å². The van der Waals surface area contributed by atoms with E-state index < -0.39 is 15.8 Å². The number of aromatic nitrogens is 4. The summed E-state index contributed by atoms with van der Waals surface area (Å²) in [5.74, 6) is 0.901. The molecule has 0 radical (unpaired) electrons.